The number of aromatic nitrogens is 2. The van der Waals surface area contributed by atoms with Crippen LogP contribution in [-0.2, 0) is 0 Å². The average Bonchev–Trinajstić information content (AvgIpc) is 2.53. The Hall–Kier alpha value is -2.75. The summed E-state index contributed by atoms with van der Waals surface area (Å²) in [6, 6.07) is 17.6. The minimum atomic E-state index is -0.834. The Morgan fingerprint density at radius 1 is 0.905 bits per heavy atom. The standard InChI is InChI=1S/C17H13FN2O/c1-11-15(18)17(21)20-16(19-11)14-9-7-13(8-10-14)12-5-3-2-4-6-12/h2-10H,1H3,(H,19,20,21). The molecule has 3 rings (SSSR count). The zero-order valence-corrected chi connectivity index (χ0v) is 11.4. The number of aryl methyl sites for hydroxylation is 1. The number of nitrogens with zero attached hydrogens (tertiary/aromatic N) is 1. The largest absolute Gasteiger partial charge is 0.304 e. The highest BCUT2D eigenvalue weighted by Crippen LogP contribution is 2.22. The molecule has 0 radical (unpaired) electrons. The SMILES string of the molecule is Cc1nc(-c2ccc(-c3ccccc3)cc2)[nH]c(=O)c1F. The van der Waals surface area contributed by atoms with E-state index in [0.29, 0.717) is 5.82 Å². The minimum absolute atomic E-state index is 0.0980. The first-order chi connectivity index (χ1) is 10.1. The molecule has 2 aromatic carbocycles. The van der Waals surface area contributed by atoms with Crippen molar-refractivity contribution in [3.63, 3.8) is 0 Å². The number of halogens is 1. The van der Waals surface area contributed by atoms with Crippen molar-refractivity contribution in [2.24, 2.45) is 0 Å². The number of benzene rings is 2. The first kappa shape index (κ1) is 13.2. The molecule has 0 fully saturated rings. The number of aromatic amines is 1. The Bertz CT molecular complexity index is 824. The monoisotopic (exact) mass is 280 g/mol. The summed E-state index contributed by atoms with van der Waals surface area (Å²) in [4.78, 5) is 18.0. The van der Waals surface area contributed by atoms with E-state index in [2.05, 4.69) is 9.97 Å². The van der Waals surface area contributed by atoms with Crippen LogP contribution in [0.25, 0.3) is 22.5 Å². The molecule has 0 aliphatic heterocycles. The van der Waals surface area contributed by atoms with Gasteiger partial charge in [0.05, 0.1) is 5.69 Å². The summed E-state index contributed by atoms with van der Waals surface area (Å²) in [7, 11) is 0. The van der Waals surface area contributed by atoms with Crippen LogP contribution in [0.1, 0.15) is 5.69 Å². The third kappa shape index (κ3) is 2.60. The Labute approximate surface area is 121 Å². The Balaban J connectivity index is 2.00. The lowest BCUT2D eigenvalue weighted by atomic mass is 10.0. The maximum atomic E-state index is 13.3. The van der Waals surface area contributed by atoms with Crippen LogP contribution >= 0.6 is 0 Å². The molecular weight excluding hydrogens is 267 g/mol. The highest BCUT2D eigenvalue weighted by molar-refractivity contribution is 5.67. The van der Waals surface area contributed by atoms with Crippen molar-refractivity contribution in [2.45, 2.75) is 6.92 Å². The van der Waals surface area contributed by atoms with Gasteiger partial charge in [-0.3, -0.25) is 4.79 Å². The third-order valence-corrected chi connectivity index (χ3v) is 3.29. The van der Waals surface area contributed by atoms with Crippen LogP contribution in [0, 0.1) is 12.7 Å². The Morgan fingerprint density at radius 2 is 1.48 bits per heavy atom. The molecule has 104 valence electrons. The summed E-state index contributed by atoms with van der Waals surface area (Å²) in [6.45, 7) is 1.48. The van der Waals surface area contributed by atoms with Gasteiger partial charge in [-0.2, -0.15) is 4.39 Å². The molecule has 1 N–H and O–H groups in total. The average molecular weight is 280 g/mol. The van der Waals surface area contributed by atoms with Gasteiger partial charge in [-0.1, -0.05) is 54.6 Å². The highest BCUT2D eigenvalue weighted by Gasteiger charge is 2.08. The van der Waals surface area contributed by atoms with Crippen LogP contribution < -0.4 is 5.56 Å². The molecule has 0 aliphatic rings. The lowest BCUT2D eigenvalue weighted by molar-refractivity contribution is 0.589. The quantitative estimate of drug-likeness (QED) is 0.780. The molecule has 0 saturated heterocycles. The third-order valence-electron chi connectivity index (χ3n) is 3.29. The van der Waals surface area contributed by atoms with Gasteiger partial charge in [0.1, 0.15) is 5.82 Å². The van der Waals surface area contributed by atoms with Crippen LogP contribution in [0.4, 0.5) is 4.39 Å². The molecule has 0 spiro atoms. The summed E-state index contributed by atoms with van der Waals surface area (Å²) in [5, 5.41) is 0. The highest BCUT2D eigenvalue weighted by atomic mass is 19.1. The normalized spacial score (nSPS) is 10.6. The summed E-state index contributed by atoms with van der Waals surface area (Å²) in [5.41, 5.74) is 2.28. The van der Waals surface area contributed by atoms with Crippen LogP contribution in [0.3, 0.4) is 0 Å². The summed E-state index contributed by atoms with van der Waals surface area (Å²) in [6.07, 6.45) is 0. The van der Waals surface area contributed by atoms with E-state index in [-0.39, 0.29) is 5.69 Å². The molecule has 3 aromatic rings. The first-order valence-corrected chi connectivity index (χ1v) is 6.57. The van der Waals surface area contributed by atoms with Gasteiger partial charge in [0, 0.05) is 5.56 Å². The molecule has 1 heterocycles. The van der Waals surface area contributed by atoms with Gasteiger partial charge >= 0.3 is 0 Å². The van der Waals surface area contributed by atoms with Crippen molar-refractivity contribution in [3.05, 3.63) is 76.5 Å². The van der Waals surface area contributed by atoms with Crippen LogP contribution in [-0.4, -0.2) is 9.97 Å². The molecule has 0 unspecified atom stereocenters. The van der Waals surface area contributed by atoms with Gasteiger partial charge in [-0.25, -0.2) is 4.98 Å². The van der Waals surface area contributed by atoms with Gasteiger partial charge < -0.3 is 4.98 Å². The van der Waals surface area contributed by atoms with E-state index < -0.39 is 11.4 Å². The van der Waals surface area contributed by atoms with Gasteiger partial charge in [0.25, 0.3) is 5.56 Å². The number of rotatable bonds is 2. The van der Waals surface area contributed by atoms with E-state index in [4.69, 9.17) is 0 Å². The number of H-pyrrole nitrogens is 1. The number of hydrogen-bond acceptors (Lipinski definition) is 2. The molecular formula is C17H13FN2O. The first-order valence-electron chi connectivity index (χ1n) is 6.57. The predicted molar refractivity (Wildman–Crippen MR) is 80.4 cm³/mol. The molecule has 4 heteroatoms. The minimum Gasteiger partial charge on any atom is -0.304 e. The van der Waals surface area contributed by atoms with Crippen molar-refractivity contribution in [2.75, 3.05) is 0 Å². The maximum Gasteiger partial charge on any atom is 0.287 e. The van der Waals surface area contributed by atoms with Crippen molar-refractivity contribution >= 4 is 0 Å². The molecule has 3 nitrogen and oxygen atoms in total. The van der Waals surface area contributed by atoms with E-state index in [1.807, 2.05) is 54.6 Å². The summed E-state index contributed by atoms with van der Waals surface area (Å²) in [5.74, 6) is -0.460. The fraction of sp³-hybridized carbons (Fsp3) is 0.0588. The maximum absolute atomic E-state index is 13.3. The van der Waals surface area contributed by atoms with Crippen molar-refractivity contribution < 1.29 is 4.39 Å². The molecule has 1 aromatic heterocycles. The van der Waals surface area contributed by atoms with Crippen molar-refractivity contribution in [1.29, 1.82) is 0 Å². The second-order valence-corrected chi connectivity index (χ2v) is 4.76. The second kappa shape index (κ2) is 5.32. The Morgan fingerprint density at radius 3 is 2.10 bits per heavy atom. The molecule has 21 heavy (non-hydrogen) atoms. The molecule has 0 amide bonds. The fourth-order valence-electron chi connectivity index (χ4n) is 2.16. The fourth-order valence-corrected chi connectivity index (χ4v) is 2.16. The van der Waals surface area contributed by atoms with E-state index in [1.54, 1.807) is 0 Å². The van der Waals surface area contributed by atoms with Crippen LogP contribution in [0.15, 0.2) is 59.4 Å². The van der Waals surface area contributed by atoms with Crippen molar-refractivity contribution in [1.82, 2.24) is 9.97 Å². The zero-order valence-electron chi connectivity index (χ0n) is 11.4. The van der Waals surface area contributed by atoms with Gasteiger partial charge in [-0.05, 0) is 18.1 Å². The van der Waals surface area contributed by atoms with E-state index in [9.17, 15) is 9.18 Å². The smallest absolute Gasteiger partial charge is 0.287 e. The zero-order chi connectivity index (χ0) is 14.8. The van der Waals surface area contributed by atoms with E-state index >= 15 is 0 Å². The van der Waals surface area contributed by atoms with E-state index in [0.717, 1.165) is 16.7 Å². The molecule has 0 saturated carbocycles. The van der Waals surface area contributed by atoms with E-state index in [1.165, 1.54) is 6.92 Å². The lowest BCUT2D eigenvalue weighted by Gasteiger charge is -2.05. The Kier molecular flexibility index (Phi) is 3.36. The summed E-state index contributed by atoms with van der Waals surface area (Å²) >= 11 is 0. The van der Waals surface area contributed by atoms with Gasteiger partial charge in [0.15, 0.2) is 0 Å². The molecule has 0 atom stereocenters. The van der Waals surface area contributed by atoms with Crippen molar-refractivity contribution in [3.8, 4) is 22.5 Å². The predicted octanol–water partition coefficient (Wildman–Crippen LogP) is 3.55. The van der Waals surface area contributed by atoms with Crippen LogP contribution in [0.2, 0.25) is 0 Å². The second-order valence-electron chi connectivity index (χ2n) is 4.76. The van der Waals surface area contributed by atoms with Gasteiger partial charge in [0.2, 0.25) is 5.82 Å². The number of hydrogen-bond donors (Lipinski definition) is 1. The van der Waals surface area contributed by atoms with Crippen LogP contribution in [0.5, 0.6) is 0 Å². The molecule has 0 aliphatic carbocycles. The number of nitrogens with one attached hydrogen (secondary N) is 1. The summed E-state index contributed by atoms with van der Waals surface area (Å²) < 4.78 is 13.3. The topological polar surface area (TPSA) is 45.8 Å². The molecule has 0 bridgehead atoms. The lowest BCUT2D eigenvalue weighted by Crippen LogP contribution is -2.15. The van der Waals surface area contributed by atoms with Gasteiger partial charge in [-0.15, -0.1) is 0 Å².